The van der Waals surface area contributed by atoms with Crippen molar-refractivity contribution in [1.29, 1.82) is 0 Å². The summed E-state index contributed by atoms with van der Waals surface area (Å²) >= 11 is 0. The monoisotopic (exact) mass is 269 g/mol. The van der Waals surface area contributed by atoms with Crippen molar-refractivity contribution in [3.05, 3.63) is 48.7 Å². The van der Waals surface area contributed by atoms with Crippen LogP contribution in [-0.4, -0.2) is 24.2 Å². The van der Waals surface area contributed by atoms with Crippen LogP contribution < -0.4 is 15.4 Å². The SMILES string of the molecule is Nc1ccccc1N1CCC(Oc2ccccn2)CC1. The molecule has 0 radical (unpaired) electrons. The lowest BCUT2D eigenvalue weighted by molar-refractivity contribution is 0.164. The molecule has 2 N–H and O–H groups in total. The molecule has 2 heterocycles. The number of benzene rings is 1. The highest BCUT2D eigenvalue weighted by molar-refractivity contribution is 5.67. The van der Waals surface area contributed by atoms with Crippen molar-refractivity contribution < 1.29 is 4.74 Å². The lowest BCUT2D eigenvalue weighted by Crippen LogP contribution is -2.38. The maximum atomic E-state index is 6.03. The Kier molecular flexibility index (Phi) is 3.72. The van der Waals surface area contributed by atoms with Gasteiger partial charge in [-0.2, -0.15) is 0 Å². The van der Waals surface area contributed by atoms with E-state index in [-0.39, 0.29) is 6.10 Å². The van der Waals surface area contributed by atoms with Crippen molar-refractivity contribution >= 4 is 11.4 Å². The number of ether oxygens (including phenoxy) is 1. The molecule has 0 spiro atoms. The summed E-state index contributed by atoms with van der Waals surface area (Å²) in [5, 5.41) is 0. The van der Waals surface area contributed by atoms with Crippen LogP contribution in [0.1, 0.15) is 12.8 Å². The van der Waals surface area contributed by atoms with Crippen molar-refractivity contribution in [2.45, 2.75) is 18.9 Å². The zero-order chi connectivity index (χ0) is 13.8. The van der Waals surface area contributed by atoms with Crippen LogP contribution in [0.2, 0.25) is 0 Å². The second-order valence-electron chi connectivity index (χ2n) is 5.03. The first-order valence-electron chi connectivity index (χ1n) is 7.00. The fourth-order valence-corrected chi connectivity index (χ4v) is 2.58. The van der Waals surface area contributed by atoms with Crippen LogP contribution in [0.3, 0.4) is 0 Å². The molecule has 4 nitrogen and oxygen atoms in total. The predicted molar refractivity (Wildman–Crippen MR) is 81.0 cm³/mol. The first-order valence-corrected chi connectivity index (χ1v) is 7.00. The number of para-hydroxylation sites is 2. The summed E-state index contributed by atoms with van der Waals surface area (Å²) in [6.45, 7) is 1.93. The highest BCUT2D eigenvalue weighted by Gasteiger charge is 2.21. The summed E-state index contributed by atoms with van der Waals surface area (Å²) < 4.78 is 5.90. The summed E-state index contributed by atoms with van der Waals surface area (Å²) in [4.78, 5) is 6.54. The van der Waals surface area contributed by atoms with E-state index in [1.807, 2.05) is 36.4 Å². The number of hydrogen-bond acceptors (Lipinski definition) is 4. The molecule has 2 aromatic rings. The van der Waals surface area contributed by atoms with Crippen LogP contribution >= 0.6 is 0 Å². The summed E-state index contributed by atoms with van der Waals surface area (Å²) in [6, 6.07) is 13.8. The number of hydrogen-bond donors (Lipinski definition) is 1. The predicted octanol–water partition coefficient (Wildman–Crippen LogP) is 2.71. The van der Waals surface area contributed by atoms with E-state index in [4.69, 9.17) is 10.5 Å². The molecular formula is C16H19N3O. The Balaban J connectivity index is 1.59. The molecule has 0 aliphatic carbocycles. The number of nitrogens with two attached hydrogens (primary N) is 1. The van der Waals surface area contributed by atoms with Gasteiger partial charge in [0.1, 0.15) is 6.10 Å². The van der Waals surface area contributed by atoms with Gasteiger partial charge in [0.2, 0.25) is 5.88 Å². The molecule has 0 bridgehead atoms. The Morgan fingerprint density at radius 2 is 1.80 bits per heavy atom. The molecule has 20 heavy (non-hydrogen) atoms. The van der Waals surface area contributed by atoms with Crippen molar-refractivity contribution in [2.24, 2.45) is 0 Å². The number of rotatable bonds is 3. The minimum atomic E-state index is 0.242. The van der Waals surface area contributed by atoms with E-state index in [0.29, 0.717) is 5.88 Å². The summed E-state index contributed by atoms with van der Waals surface area (Å²) in [5.41, 5.74) is 8.00. The Bertz CT molecular complexity index is 551. The van der Waals surface area contributed by atoms with Crippen molar-refractivity contribution in [2.75, 3.05) is 23.7 Å². The minimum Gasteiger partial charge on any atom is -0.474 e. The van der Waals surface area contributed by atoms with Crippen LogP contribution in [-0.2, 0) is 0 Å². The van der Waals surface area contributed by atoms with E-state index in [1.54, 1.807) is 6.20 Å². The van der Waals surface area contributed by atoms with E-state index in [9.17, 15) is 0 Å². The Morgan fingerprint density at radius 3 is 2.50 bits per heavy atom. The van der Waals surface area contributed by atoms with E-state index in [1.165, 1.54) is 0 Å². The largest absolute Gasteiger partial charge is 0.474 e. The van der Waals surface area contributed by atoms with E-state index >= 15 is 0 Å². The van der Waals surface area contributed by atoms with Gasteiger partial charge in [0.25, 0.3) is 0 Å². The fourth-order valence-electron chi connectivity index (χ4n) is 2.58. The Labute approximate surface area is 119 Å². The van der Waals surface area contributed by atoms with Crippen LogP contribution in [0.15, 0.2) is 48.7 Å². The van der Waals surface area contributed by atoms with Crippen LogP contribution in [0.5, 0.6) is 5.88 Å². The minimum absolute atomic E-state index is 0.242. The van der Waals surface area contributed by atoms with Gasteiger partial charge >= 0.3 is 0 Å². The van der Waals surface area contributed by atoms with Crippen LogP contribution in [0, 0.1) is 0 Å². The maximum Gasteiger partial charge on any atom is 0.213 e. The zero-order valence-corrected chi connectivity index (χ0v) is 11.4. The molecule has 1 aromatic carbocycles. The number of pyridine rings is 1. The summed E-state index contributed by atoms with van der Waals surface area (Å²) in [7, 11) is 0. The quantitative estimate of drug-likeness (QED) is 0.870. The fraction of sp³-hybridized carbons (Fsp3) is 0.312. The van der Waals surface area contributed by atoms with Gasteiger partial charge in [-0.3, -0.25) is 0 Å². The summed E-state index contributed by atoms with van der Waals surface area (Å²) in [5.74, 6) is 0.713. The molecular weight excluding hydrogens is 250 g/mol. The van der Waals surface area contributed by atoms with Crippen LogP contribution in [0.4, 0.5) is 11.4 Å². The molecule has 104 valence electrons. The first kappa shape index (κ1) is 12.8. The van der Waals surface area contributed by atoms with Crippen LogP contribution in [0.25, 0.3) is 0 Å². The third-order valence-corrected chi connectivity index (χ3v) is 3.64. The average molecular weight is 269 g/mol. The first-order chi connectivity index (χ1) is 9.83. The maximum absolute atomic E-state index is 6.03. The van der Waals surface area contributed by atoms with Gasteiger partial charge in [0, 0.05) is 38.2 Å². The van der Waals surface area contributed by atoms with Gasteiger partial charge in [0.15, 0.2) is 0 Å². The normalized spacial score (nSPS) is 16.1. The molecule has 1 aromatic heterocycles. The number of nitrogens with zero attached hydrogens (tertiary/aromatic N) is 2. The van der Waals surface area contributed by atoms with Gasteiger partial charge < -0.3 is 15.4 Å². The van der Waals surface area contributed by atoms with E-state index < -0.39 is 0 Å². The smallest absolute Gasteiger partial charge is 0.213 e. The van der Waals surface area contributed by atoms with Gasteiger partial charge in [-0.15, -0.1) is 0 Å². The van der Waals surface area contributed by atoms with Gasteiger partial charge in [-0.05, 0) is 18.2 Å². The second kappa shape index (κ2) is 5.82. The summed E-state index contributed by atoms with van der Waals surface area (Å²) in [6.07, 6.45) is 3.98. The molecule has 1 fully saturated rings. The number of piperidine rings is 1. The topological polar surface area (TPSA) is 51.4 Å². The van der Waals surface area contributed by atoms with Gasteiger partial charge in [-0.25, -0.2) is 4.98 Å². The Hall–Kier alpha value is -2.23. The molecule has 0 unspecified atom stereocenters. The van der Waals surface area contributed by atoms with E-state index in [0.717, 1.165) is 37.3 Å². The van der Waals surface area contributed by atoms with Crippen molar-refractivity contribution in [1.82, 2.24) is 4.98 Å². The lowest BCUT2D eigenvalue weighted by Gasteiger charge is -2.34. The molecule has 4 heteroatoms. The van der Waals surface area contributed by atoms with Crippen molar-refractivity contribution in [3.8, 4) is 5.88 Å². The molecule has 0 atom stereocenters. The molecule has 1 aliphatic heterocycles. The number of anilines is 2. The molecule has 0 saturated carbocycles. The highest BCUT2D eigenvalue weighted by atomic mass is 16.5. The Morgan fingerprint density at radius 1 is 1.05 bits per heavy atom. The molecule has 0 amide bonds. The third kappa shape index (κ3) is 2.85. The number of nitrogen functional groups attached to an aromatic ring is 1. The third-order valence-electron chi connectivity index (χ3n) is 3.64. The lowest BCUT2D eigenvalue weighted by atomic mass is 10.1. The highest BCUT2D eigenvalue weighted by Crippen LogP contribution is 2.26. The number of aromatic nitrogens is 1. The standard InChI is InChI=1S/C16H19N3O/c17-14-5-1-2-6-15(14)19-11-8-13(9-12-19)20-16-7-3-4-10-18-16/h1-7,10,13H,8-9,11-12,17H2. The average Bonchev–Trinajstić information content (AvgIpc) is 2.50. The van der Waals surface area contributed by atoms with Gasteiger partial charge in [0.05, 0.1) is 11.4 Å². The zero-order valence-electron chi connectivity index (χ0n) is 11.4. The van der Waals surface area contributed by atoms with Crippen molar-refractivity contribution in [3.63, 3.8) is 0 Å². The molecule has 1 saturated heterocycles. The van der Waals surface area contributed by atoms with E-state index in [2.05, 4.69) is 16.0 Å². The van der Waals surface area contributed by atoms with Gasteiger partial charge in [-0.1, -0.05) is 18.2 Å². The second-order valence-corrected chi connectivity index (χ2v) is 5.03. The molecule has 3 rings (SSSR count). The molecule has 1 aliphatic rings.